The molecule has 0 radical (unpaired) electrons. The summed E-state index contributed by atoms with van der Waals surface area (Å²) in [4.78, 5) is 28.7. The minimum Gasteiger partial charge on any atom is -0.385 e. The fraction of sp³-hybridized carbons (Fsp3) is 0.500. The van der Waals surface area contributed by atoms with E-state index in [1.165, 1.54) is 11.8 Å². The molecule has 0 saturated carbocycles. The van der Waals surface area contributed by atoms with Crippen LogP contribution in [-0.4, -0.2) is 48.5 Å². The molecule has 1 aromatic heterocycles. The summed E-state index contributed by atoms with van der Waals surface area (Å²) in [5.74, 6) is -0.292. The van der Waals surface area contributed by atoms with Gasteiger partial charge in [-0.15, -0.1) is 0 Å². The van der Waals surface area contributed by atoms with Crippen molar-refractivity contribution in [1.82, 2.24) is 15.2 Å². The largest absolute Gasteiger partial charge is 0.385 e. The van der Waals surface area contributed by atoms with Crippen LogP contribution in [0.4, 0.5) is 0 Å². The minimum atomic E-state index is -0.179. The fourth-order valence-electron chi connectivity index (χ4n) is 1.68. The quantitative estimate of drug-likeness (QED) is 0.707. The Morgan fingerprint density at radius 1 is 1.45 bits per heavy atom. The SMILES string of the molecule is COCCCN(CC(=O)NCc1cccnc1)C(C)=O. The van der Waals surface area contributed by atoms with Gasteiger partial charge >= 0.3 is 0 Å². The van der Waals surface area contributed by atoms with Gasteiger partial charge in [-0.2, -0.15) is 0 Å². The number of rotatable bonds is 8. The maximum absolute atomic E-state index is 11.8. The summed E-state index contributed by atoms with van der Waals surface area (Å²) in [5, 5.41) is 2.77. The number of amides is 2. The highest BCUT2D eigenvalue weighted by Gasteiger charge is 2.12. The number of methoxy groups -OCH3 is 1. The van der Waals surface area contributed by atoms with Crippen molar-refractivity contribution < 1.29 is 14.3 Å². The Kier molecular flexibility index (Phi) is 7.27. The smallest absolute Gasteiger partial charge is 0.239 e. The zero-order valence-electron chi connectivity index (χ0n) is 12.0. The zero-order chi connectivity index (χ0) is 14.8. The predicted octanol–water partition coefficient (Wildman–Crippen LogP) is 0.583. The van der Waals surface area contributed by atoms with Crippen LogP contribution >= 0.6 is 0 Å². The van der Waals surface area contributed by atoms with Crippen molar-refractivity contribution in [1.29, 1.82) is 0 Å². The van der Waals surface area contributed by atoms with Gasteiger partial charge in [0, 0.05) is 46.1 Å². The number of hydrogen-bond acceptors (Lipinski definition) is 4. The van der Waals surface area contributed by atoms with Crippen LogP contribution in [0.15, 0.2) is 24.5 Å². The van der Waals surface area contributed by atoms with E-state index >= 15 is 0 Å². The van der Waals surface area contributed by atoms with E-state index in [4.69, 9.17) is 4.74 Å². The average Bonchev–Trinajstić information content (AvgIpc) is 2.45. The van der Waals surface area contributed by atoms with Gasteiger partial charge in [-0.3, -0.25) is 14.6 Å². The maximum Gasteiger partial charge on any atom is 0.239 e. The lowest BCUT2D eigenvalue weighted by Gasteiger charge is -2.20. The lowest BCUT2D eigenvalue weighted by atomic mass is 10.3. The maximum atomic E-state index is 11.8. The Balaban J connectivity index is 2.36. The summed E-state index contributed by atoms with van der Waals surface area (Å²) in [7, 11) is 1.61. The van der Waals surface area contributed by atoms with Gasteiger partial charge in [0.05, 0.1) is 6.54 Å². The van der Waals surface area contributed by atoms with Crippen LogP contribution < -0.4 is 5.32 Å². The highest BCUT2D eigenvalue weighted by molar-refractivity contribution is 5.83. The third-order valence-corrected chi connectivity index (χ3v) is 2.77. The van der Waals surface area contributed by atoms with Crippen LogP contribution in [-0.2, 0) is 20.9 Å². The molecule has 0 unspecified atom stereocenters. The molecule has 110 valence electrons. The molecule has 0 saturated heterocycles. The molecule has 0 atom stereocenters. The summed E-state index contributed by atoms with van der Waals surface area (Å²) in [6.07, 6.45) is 4.09. The van der Waals surface area contributed by atoms with Crippen LogP contribution in [0, 0.1) is 0 Å². The fourth-order valence-corrected chi connectivity index (χ4v) is 1.68. The Morgan fingerprint density at radius 2 is 2.25 bits per heavy atom. The topological polar surface area (TPSA) is 71.5 Å². The molecule has 0 fully saturated rings. The van der Waals surface area contributed by atoms with E-state index in [9.17, 15) is 9.59 Å². The summed E-state index contributed by atoms with van der Waals surface area (Å²) >= 11 is 0. The standard InChI is InChI=1S/C14H21N3O3/c1-12(18)17(7-4-8-20-2)11-14(19)16-10-13-5-3-6-15-9-13/h3,5-6,9H,4,7-8,10-11H2,1-2H3,(H,16,19). The summed E-state index contributed by atoms with van der Waals surface area (Å²) in [6.45, 7) is 3.03. The van der Waals surface area contributed by atoms with Gasteiger partial charge in [-0.25, -0.2) is 0 Å². The molecule has 0 aliphatic heterocycles. The molecule has 1 rings (SSSR count). The Morgan fingerprint density at radius 3 is 2.85 bits per heavy atom. The summed E-state index contributed by atoms with van der Waals surface area (Å²) < 4.78 is 4.94. The van der Waals surface area contributed by atoms with E-state index < -0.39 is 0 Å². The van der Waals surface area contributed by atoms with E-state index in [2.05, 4.69) is 10.3 Å². The first-order valence-corrected chi connectivity index (χ1v) is 6.53. The number of hydrogen-bond donors (Lipinski definition) is 1. The van der Waals surface area contributed by atoms with E-state index in [0.29, 0.717) is 26.1 Å². The molecule has 0 bridgehead atoms. The number of carbonyl (C=O) groups excluding carboxylic acids is 2. The van der Waals surface area contributed by atoms with E-state index in [-0.39, 0.29) is 18.4 Å². The molecule has 0 aliphatic carbocycles. The van der Waals surface area contributed by atoms with Crippen molar-refractivity contribution in [2.24, 2.45) is 0 Å². The summed E-state index contributed by atoms with van der Waals surface area (Å²) in [6, 6.07) is 3.70. The van der Waals surface area contributed by atoms with Crippen LogP contribution in [0.3, 0.4) is 0 Å². The second-order valence-electron chi connectivity index (χ2n) is 4.42. The van der Waals surface area contributed by atoms with E-state index in [1.807, 2.05) is 12.1 Å². The van der Waals surface area contributed by atoms with Gasteiger partial charge in [0.1, 0.15) is 0 Å². The van der Waals surface area contributed by atoms with Crippen molar-refractivity contribution in [3.8, 4) is 0 Å². The molecular formula is C14H21N3O3. The van der Waals surface area contributed by atoms with Crippen molar-refractivity contribution in [3.63, 3.8) is 0 Å². The molecule has 1 N–H and O–H groups in total. The first kappa shape index (κ1) is 16.1. The number of nitrogens with zero attached hydrogens (tertiary/aromatic N) is 2. The van der Waals surface area contributed by atoms with Gasteiger partial charge < -0.3 is 15.0 Å². The summed E-state index contributed by atoms with van der Waals surface area (Å²) in [5.41, 5.74) is 0.926. The zero-order valence-corrected chi connectivity index (χ0v) is 12.0. The van der Waals surface area contributed by atoms with Crippen LogP contribution in [0.2, 0.25) is 0 Å². The van der Waals surface area contributed by atoms with Crippen LogP contribution in [0.5, 0.6) is 0 Å². The van der Waals surface area contributed by atoms with Gasteiger partial charge in [0.15, 0.2) is 0 Å². The van der Waals surface area contributed by atoms with E-state index in [0.717, 1.165) is 5.56 Å². The second kappa shape index (κ2) is 9.03. The number of carbonyl (C=O) groups is 2. The highest BCUT2D eigenvalue weighted by atomic mass is 16.5. The number of nitrogens with one attached hydrogen (secondary N) is 1. The average molecular weight is 279 g/mol. The Bertz CT molecular complexity index is 423. The van der Waals surface area contributed by atoms with Crippen LogP contribution in [0.25, 0.3) is 0 Å². The first-order chi connectivity index (χ1) is 9.63. The Labute approximate surface area is 119 Å². The molecular weight excluding hydrogens is 258 g/mol. The van der Waals surface area contributed by atoms with Gasteiger partial charge in [-0.05, 0) is 18.1 Å². The van der Waals surface area contributed by atoms with Crippen molar-refractivity contribution in [3.05, 3.63) is 30.1 Å². The molecule has 0 aliphatic rings. The molecule has 1 aromatic rings. The molecule has 1 heterocycles. The second-order valence-corrected chi connectivity index (χ2v) is 4.42. The monoisotopic (exact) mass is 279 g/mol. The number of aromatic nitrogens is 1. The lowest BCUT2D eigenvalue weighted by Crippen LogP contribution is -2.40. The van der Waals surface area contributed by atoms with Gasteiger partial charge in [0.2, 0.25) is 11.8 Å². The molecule has 20 heavy (non-hydrogen) atoms. The first-order valence-electron chi connectivity index (χ1n) is 6.53. The van der Waals surface area contributed by atoms with Crippen LogP contribution in [0.1, 0.15) is 18.9 Å². The number of ether oxygens (including phenoxy) is 1. The molecule has 0 spiro atoms. The normalized spacial score (nSPS) is 10.1. The van der Waals surface area contributed by atoms with Crippen molar-refractivity contribution in [2.75, 3.05) is 26.8 Å². The highest BCUT2D eigenvalue weighted by Crippen LogP contribution is 1.96. The third-order valence-electron chi connectivity index (χ3n) is 2.77. The molecule has 0 aromatic carbocycles. The number of pyridine rings is 1. The van der Waals surface area contributed by atoms with Gasteiger partial charge in [-0.1, -0.05) is 6.07 Å². The predicted molar refractivity (Wildman–Crippen MR) is 74.8 cm³/mol. The molecule has 6 nitrogen and oxygen atoms in total. The van der Waals surface area contributed by atoms with E-state index in [1.54, 1.807) is 19.5 Å². The lowest BCUT2D eigenvalue weighted by molar-refractivity contribution is -0.134. The minimum absolute atomic E-state index is 0.0688. The Hall–Kier alpha value is -1.95. The van der Waals surface area contributed by atoms with Gasteiger partial charge in [0.25, 0.3) is 0 Å². The molecule has 6 heteroatoms. The third kappa shape index (κ3) is 6.29. The molecule has 2 amide bonds. The van der Waals surface area contributed by atoms with Crippen molar-refractivity contribution in [2.45, 2.75) is 19.9 Å². The van der Waals surface area contributed by atoms with Crippen molar-refractivity contribution >= 4 is 11.8 Å².